The molecule has 0 aromatic heterocycles. The quantitative estimate of drug-likeness (QED) is 0.396. The molecule has 1 aliphatic rings. The van der Waals surface area contributed by atoms with E-state index in [-0.39, 0.29) is 18.2 Å². The lowest BCUT2D eigenvalue weighted by Crippen LogP contribution is -2.29. The first-order valence-electron chi connectivity index (χ1n) is 10.5. The molecule has 0 unspecified atom stereocenters. The fourth-order valence-electron chi connectivity index (χ4n) is 4.16. The molecule has 5 heteroatoms. The fraction of sp³-hybridized carbons (Fsp3) is 0.269. The van der Waals surface area contributed by atoms with Crippen LogP contribution in [0.15, 0.2) is 72.8 Å². The van der Waals surface area contributed by atoms with Gasteiger partial charge in [-0.2, -0.15) is 0 Å². The summed E-state index contributed by atoms with van der Waals surface area (Å²) >= 11 is 5.92. The minimum atomic E-state index is 0. The molecular formula is C26H28Cl2N2O. The third-order valence-electron chi connectivity index (χ3n) is 5.73. The number of rotatable bonds is 7. The largest absolute Gasteiger partial charge is 0.341 e. The van der Waals surface area contributed by atoms with E-state index in [0.29, 0.717) is 17.1 Å². The van der Waals surface area contributed by atoms with Gasteiger partial charge in [-0.3, -0.25) is 9.69 Å². The maximum absolute atomic E-state index is 12.5. The average molecular weight is 455 g/mol. The van der Waals surface area contributed by atoms with Crippen molar-refractivity contribution in [2.75, 3.05) is 31.6 Å². The highest BCUT2D eigenvalue weighted by molar-refractivity contribution is 6.30. The van der Waals surface area contributed by atoms with E-state index in [1.165, 1.54) is 22.5 Å². The second-order valence-electron chi connectivity index (χ2n) is 7.93. The van der Waals surface area contributed by atoms with Crippen molar-refractivity contribution in [1.82, 2.24) is 4.90 Å². The van der Waals surface area contributed by atoms with Crippen LogP contribution in [0.4, 0.5) is 11.4 Å². The van der Waals surface area contributed by atoms with Gasteiger partial charge in [0.1, 0.15) is 0 Å². The number of carbonyl (C=O) groups excluding carboxylic acids is 1. The van der Waals surface area contributed by atoms with Gasteiger partial charge in [-0.05, 0) is 73.8 Å². The number of nitrogens with zero attached hydrogens (tertiary/aromatic N) is 2. The van der Waals surface area contributed by atoms with Crippen molar-refractivity contribution in [3.63, 3.8) is 0 Å². The summed E-state index contributed by atoms with van der Waals surface area (Å²) < 4.78 is 0. The highest BCUT2D eigenvalue weighted by Gasteiger charge is 2.20. The predicted octanol–water partition coefficient (Wildman–Crippen LogP) is 6.20. The lowest BCUT2D eigenvalue weighted by molar-refractivity contribution is 0.0946. The van der Waals surface area contributed by atoms with E-state index in [1.54, 1.807) is 24.3 Å². The Morgan fingerprint density at radius 2 is 1.45 bits per heavy atom. The number of ketones is 1. The molecule has 1 aliphatic heterocycles. The van der Waals surface area contributed by atoms with Crippen molar-refractivity contribution in [1.29, 1.82) is 0 Å². The summed E-state index contributed by atoms with van der Waals surface area (Å²) in [5, 5.41) is 0.651. The Labute approximate surface area is 196 Å². The molecule has 0 saturated heterocycles. The van der Waals surface area contributed by atoms with Crippen LogP contribution >= 0.6 is 24.0 Å². The van der Waals surface area contributed by atoms with E-state index >= 15 is 0 Å². The van der Waals surface area contributed by atoms with Crippen molar-refractivity contribution in [3.8, 4) is 0 Å². The molecule has 0 saturated carbocycles. The third-order valence-corrected chi connectivity index (χ3v) is 5.98. The minimum absolute atomic E-state index is 0. The highest BCUT2D eigenvalue weighted by atomic mass is 35.5. The summed E-state index contributed by atoms with van der Waals surface area (Å²) in [6.45, 7) is 2.20. The zero-order valence-electron chi connectivity index (χ0n) is 17.8. The van der Waals surface area contributed by atoms with Crippen LogP contribution < -0.4 is 4.90 Å². The number of benzene rings is 3. The van der Waals surface area contributed by atoms with Gasteiger partial charge in [-0.15, -0.1) is 12.4 Å². The average Bonchev–Trinajstić information content (AvgIpc) is 2.91. The van der Waals surface area contributed by atoms with Crippen LogP contribution in [0.5, 0.6) is 0 Å². The van der Waals surface area contributed by atoms with Crippen molar-refractivity contribution in [2.45, 2.75) is 19.3 Å². The fourth-order valence-corrected chi connectivity index (χ4v) is 4.29. The number of aryl methyl sites for hydroxylation is 2. The number of hydrogen-bond donors (Lipinski definition) is 0. The number of halogens is 2. The maximum atomic E-state index is 12.5. The second-order valence-corrected chi connectivity index (χ2v) is 8.37. The Morgan fingerprint density at radius 1 is 0.903 bits per heavy atom. The number of likely N-dealkylation sites (N-methyl/N-ethyl adjacent to an activating group) is 1. The minimum Gasteiger partial charge on any atom is -0.341 e. The van der Waals surface area contributed by atoms with Crippen molar-refractivity contribution < 1.29 is 4.79 Å². The van der Waals surface area contributed by atoms with Crippen molar-refractivity contribution in [2.24, 2.45) is 0 Å². The molecule has 162 valence electrons. The number of anilines is 2. The molecule has 3 nitrogen and oxygen atoms in total. The predicted molar refractivity (Wildman–Crippen MR) is 132 cm³/mol. The third kappa shape index (κ3) is 5.68. The van der Waals surface area contributed by atoms with Crippen LogP contribution in [0.3, 0.4) is 0 Å². The molecule has 1 heterocycles. The highest BCUT2D eigenvalue weighted by Crippen LogP contribution is 2.35. The monoisotopic (exact) mass is 454 g/mol. The Balaban J connectivity index is 0.00000272. The number of fused-ring (bicyclic) bond motifs is 2. The van der Waals surface area contributed by atoms with E-state index in [4.69, 9.17) is 11.6 Å². The van der Waals surface area contributed by atoms with E-state index in [2.05, 4.69) is 58.3 Å². The summed E-state index contributed by atoms with van der Waals surface area (Å²) in [7, 11) is 2.01. The molecule has 3 aromatic rings. The van der Waals surface area contributed by atoms with Crippen LogP contribution in [-0.4, -0.2) is 37.4 Å². The molecule has 0 aliphatic carbocycles. The molecule has 0 bridgehead atoms. The summed E-state index contributed by atoms with van der Waals surface area (Å²) in [4.78, 5) is 17.1. The van der Waals surface area contributed by atoms with Gasteiger partial charge in [0.25, 0.3) is 0 Å². The molecule has 4 rings (SSSR count). The number of carbonyl (C=O) groups is 1. The van der Waals surface area contributed by atoms with E-state index < -0.39 is 0 Å². The lowest BCUT2D eigenvalue weighted by atomic mass is 10.0. The summed E-state index contributed by atoms with van der Waals surface area (Å²) in [5.74, 6) is 0.125. The Hall–Kier alpha value is -2.33. The van der Waals surface area contributed by atoms with Crippen molar-refractivity contribution in [3.05, 3.63) is 94.5 Å². The topological polar surface area (TPSA) is 23.6 Å². The Kier molecular flexibility index (Phi) is 8.14. The smallest absolute Gasteiger partial charge is 0.176 e. The molecule has 0 radical (unpaired) electrons. The Bertz CT molecular complexity index is 972. The SMILES string of the molecule is CN(CCCN1c2ccccc2CCc2ccccc21)CC(=O)c1ccc(Cl)cc1.Cl. The molecule has 3 aromatic carbocycles. The number of Topliss-reactive ketones (excluding diaryl/α,β-unsaturated/α-hetero) is 1. The van der Waals surface area contributed by atoms with E-state index in [1.807, 2.05) is 7.05 Å². The molecular weight excluding hydrogens is 427 g/mol. The van der Waals surface area contributed by atoms with Crippen LogP contribution in [-0.2, 0) is 12.8 Å². The van der Waals surface area contributed by atoms with Crippen LogP contribution in [0.2, 0.25) is 5.02 Å². The van der Waals surface area contributed by atoms with Gasteiger partial charge < -0.3 is 4.90 Å². The first-order valence-corrected chi connectivity index (χ1v) is 10.9. The Morgan fingerprint density at radius 3 is 2.03 bits per heavy atom. The first-order chi connectivity index (χ1) is 14.6. The van der Waals surface area contributed by atoms with Gasteiger partial charge in [-0.25, -0.2) is 0 Å². The van der Waals surface area contributed by atoms with Gasteiger partial charge in [0.05, 0.1) is 6.54 Å². The standard InChI is InChI=1S/C26H27ClN2O.ClH/c1-28(19-26(30)22-13-15-23(27)16-14-22)17-6-18-29-24-9-4-2-7-20(24)11-12-21-8-3-5-10-25(21)29;/h2-5,7-10,13-16H,6,11-12,17-19H2,1H3;1H. The van der Waals surface area contributed by atoms with Crippen LogP contribution in [0.1, 0.15) is 27.9 Å². The number of hydrogen-bond acceptors (Lipinski definition) is 3. The first kappa shape index (κ1) is 23.3. The molecule has 0 amide bonds. The zero-order valence-corrected chi connectivity index (χ0v) is 19.3. The maximum Gasteiger partial charge on any atom is 0.176 e. The summed E-state index contributed by atoms with van der Waals surface area (Å²) in [6, 6.07) is 24.6. The van der Waals surface area contributed by atoms with Crippen molar-refractivity contribution >= 4 is 41.2 Å². The lowest BCUT2D eigenvalue weighted by Gasteiger charge is -2.28. The van der Waals surface area contributed by atoms with Gasteiger partial charge in [0, 0.05) is 35.1 Å². The molecule has 0 spiro atoms. The molecule has 0 atom stereocenters. The van der Waals surface area contributed by atoms with E-state index in [9.17, 15) is 4.79 Å². The summed E-state index contributed by atoms with van der Waals surface area (Å²) in [6.07, 6.45) is 3.12. The number of para-hydroxylation sites is 2. The molecule has 0 N–H and O–H groups in total. The van der Waals surface area contributed by atoms with Gasteiger partial charge in [0.2, 0.25) is 0 Å². The van der Waals surface area contributed by atoms with Crippen LogP contribution in [0.25, 0.3) is 0 Å². The zero-order chi connectivity index (χ0) is 20.9. The van der Waals surface area contributed by atoms with Gasteiger partial charge in [-0.1, -0.05) is 48.0 Å². The van der Waals surface area contributed by atoms with Gasteiger partial charge >= 0.3 is 0 Å². The van der Waals surface area contributed by atoms with Crippen LogP contribution in [0, 0.1) is 0 Å². The van der Waals surface area contributed by atoms with E-state index in [0.717, 1.165) is 32.4 Å². The summed E-state index contributed by atoms with van der Waals surface area (Å²) in [5.41, 5.74) is 6.13. The van der Waals surface area contributed by atoms with Gasteiger partial charge in [0.15, 0.2) is 5.78 Å². The molecule has 0 fully saturated rings. The normalized spacial score (nSPS) is 12.5. The second kappa shape index (κ2) is 10.8. The molecule has 31 heavy (non-hydrogen) atoms.